The quantitative estimate of drug-likeness (QED) is 0.393. The maximum Gasteiger partial charge on any atom is 0.172 e. The largest absolute Gasteiger partial charge is 0.409 e. The second-order valence-electron chi connectivity index (χ2n) is 4.93. The maximum atomic E-state index is 13.1. The predicted molar refractivity (Wildman–Crippen MR) is 82.2 cm³/mol. The van der Waals surface area contributed by atoms with Crippen molar-refractivity contribution in [2.24, 2.45) is 10.9 Å². The van der Waals surface area contributed by atoms with E-state index in [-0.39, 0.29) is 11.7 Å². The van der Waals surface area contributed by atoms with Crippen molar-refractivity contribution >= 4 is 11.5 Å². The van der Waals surface area contributed by atoms with Crippen molar-refractivity contribution in [3.05, 3.63) is 65.0 Å². The molecule has 110 valence electrons. The van der Waals surface area contributed by atoms with Gasteiger partial charge in [-0.25, -0.2) is 4.39 Å². The number of hydrogen-bond donors (Lipinski definition) is 2. The highest BCUT2D eigenvalue weighted by molar-refractivity contribution is 6.02. The van der Waals surface area contributed by atoms with Crippen LogP contribution in [0.5, 0.6) is 0 Å². The zero-order chi connectivity index (χ0) is 15.4. The molecular weight excluding hydrogens is 269 g/mol. The molecule has 0 aliphatic rings. The normalized spacial score (nSPS) is 11.5. The summed E-state index contributed by atoms with van der Waals surface area (Å²) in [7, 11) is 1.91. The van der Waals surface area contributed by atoms with Crippen molar-refractivity contribution in [1.82, 2.24) is 0 Å². The molecule has 5 heteroatoms. The fourth-order valence-corrected chi connectivity index (χ4v) is 2.25. The van der Waals surface area contributed by atoms with Crippen LogP contribution in [0.15, 0.2) is 47.6 Å². The molecule has 0 heterocycles. The van der Waals surface area contributed by atoms with E-state index in [1.807, 2.05) is 37.1 Å². The van der Waals surface area contributed by atoms with Gasteiger partial charge in [0.2, 0.25) is 0 Å². The minimum atomic E-state index is -0.240. The van der Waals surface area contributed by atoms with E-state index in [0.717, 1.165) is 16.8 Å². The Morgan fingerprint density at radius 3 is 2.67 bits per heavy atom. The van der Waals surface area contributed by atoms with Crippen molar-refractivity contribution in [2.45, 2.75) is 13.5 Å². The van der Waals surface area contributed by atoms with Gasteiger partial charge in [-0.3, -0.25) is 0 Å². The number of anilines is 1. The van der Waals surface area contributed by atoms with E-state index in [0.29, 0.717) is 12.1 Å². The zero-order valence-corrected chi connectivity index (χ0v) is 12.0. The van der Waals surface area contributed by atoms with E-state index in [4.69, 9.17) is 10.9 Å². The van der Waals surface area contributed by atoms with Crippen molar-refractivity contribution in [3.8, 4) is 0 Å². The average molecular weight is 287 g/mol. The highest BCUT2D eigenvalue weighted by Gasteiger charge is 2.11. The number of rotatable bonds is 4. The van der Waals surface area contributed by atoms with E-state index in [2.05, 4.69) is 5.16 Å². The first-order valence-electron chi connectivity index (χ1n) is 6.56. The predicted octanol–water partition coefficient (Wildman–Crippen LogP) is 2.87. The first kappa shape index (κ1) is 14.8. The third-order valence-electron chi connectivity index (χ3n) is 3.41. The molecule has 0 atom stereocenters. The lowest BCUT2D eigenvalue weighted by atomic mass is 10.1. The molecule has 3 N–H and O–H groups in total. The summed E-state index contributed by atoms with van der Waals surface area (Å²) in [6, 6.07) is 12.1. The van der Waals surface area contributed by atoms with E-state index in [9.17, 15) is 4.39 Å². The van der Waals surface area contributed by atoms with Crippen molar-refractivity contribution in [3.63, 3.8) is 0 Å². The van der Waals surface area contributed by atoms with Crippen molar-refractivity contribution in [2.75, 3.05) is 11.9 Å². The van der Waals surface area contributed by atoms with E-state index < -0.39 is 0 Å². The van der Waals surface area contributed by atoms with Gasteiger partial charge >= 0.3 is 0 Å². The molecule has 0 radical (unpaired) electrons. The molecule has 2 aromatic carbocycles. The highest BCUT2D eigenvalue weighted by atomic mass is 19.1. The lowest BCUT2D eigenvalue weighted by Gasteiger charge is -2.23. The van der Waals surface area contributed by atoms with Gasteiger partial charge in [-0.1, -0.05) is 23.4 Å². The molecule has 0 aromatic heterocycles. The Balaban J connectivity index is 2.30. The Bertz CT molecular complexity index is 670. The number of halogens is 1. The second-order valence-corrected chi connectivity index (χ2v) is 4.93. The Hall–Kier alpha value is -2.56. The first-order chi connectivity index (χ1) is 10.0. The molecule has 0 bridgehead atoms. The molecule has 0 unspecified atom stereocenters. The van der Waals surface area contributed by atoms with Gasteiger partial charge in [0.1, 0.15) is 5.82 Å². The number of amidine groups is 1. The van der Waals surface area contributed by atoms with Crippen LogP contribution in [0.3, 0.4) is 0 Å². The summed E-state index contributed by atoms with van der Waals surface area (Å²) in [4.78, 5) is 1.98. The number of hydrogen-bond acceptors (Lipinski definition) is 3. The first-order valence-corrected chi connectivity index (χ1v) is 6.56. The monoisotopic (exact) mass is 287 g/mol. The fourth-order valence-electron chi connectivity index (χ4n) is 2.25. The summed E-state index contributed by atoms with van der Waals surface area (Å²) in [5.41, 5.74) is 9.11. The number of nitrogens with two attached hydrogens (primary N) is 1. The molecule has 2 rings (SSSR count). The number of aryl methyl sites for hydroxylation is 1. The standard InChI is InChI=1S/C16H18FN3O/c1-11-9-13(17)8-7-12(11)10-20(2)15-6-4-3-5-14(15)16(18)19-21/h3-9,21H,10H2,1-2H3,(H2,18,19). The highest BCUT2D eigenvalue weighted by Crippen LogP contribution is 2.22. The van der Waals surface area contributed by atoms with Crippen LogP contribution in [0.25, 0.3) is 0 Å². The van der Waals surface area contributed by atoms with Crippen LogP contribution < -0.4 is 10.6 Å². The number of benzene rings is 2. The maximum absolute atomic E-state index is 13.1. The summed E-state index contributed by atoms with van der Waals surface area (Å²) in [5.74, 6) is -0.177. The summed E-state index contributed by atoms with van der Waals surface area (Å²) in [5, 5.41) is 11.9. The zero-order valence-electron chi connectivity index (χ0n) is 12.0. The van der Waals surface area contributed by atoms with Crippen molar-refractivity contribution in [1.29, 1.82) is 0 Å². The number of nitrogens with zero attached hydrogens (tertiary/aromatic N) is 2. The topological polar surface area (TPSA) is 61.8 Å². The Kier molecular flexibility index (Phi) is 4.42. The molecule has 0 spiro atoms. The van der Waals surface area contributed by atoms with Gasteiger partial charge in [0.05, 0.1) is 0 Å². The van der Waals surface area contributed by atoms with Crippen LogP contribution in [0.4, 0.5) is 10.1 Å². The van der Waals surface area contributed by atoms with E-state index in [1.165, 1.54) is 12.1 Å². The SMILES string of the molecule is Cc1cc(F)ccc1CN(C)c1ccccc1/C(N)=N/O. The molecule has 0 aliphatic heterocycles. The van der Waals surface area contributed by atoms with Gasteiger partial charge in [0.15, 0.2) is 5.84 Å². The fraction of sp³-hybridized carbons (Fsp3) is 0.188. The van der Waals surface area contributed by atoms with E-state index in [1.54, 1.807) is 12.1 Å². The number of oxime groups is 1. The van der Waals surface area contributed by atoms with Crippen LogP contribution in [0.1, 0.15) is 16.7 Å². The molecule has 2 aromatic rings. The van der Waals surface area contributed by atoms with Crippen molar-refractivity contribution < 1.29 is 9.60 Å². The molecule has 21 heavy (non-hydrogen) atoms. The van der Waals surface area contributed by atoms with Gasteiger partial charge in [-0.2, -0.15) is 0 Å². The lowest BCUT2D eigenvalue weighted by Crippen LogP contribution is -2.22. The van der Waals surface area contributed by atoms with Gasteiger partial charge in [-0.15, -0.1) is 0 Å². The van der Waals surface area contributed by atoms with Gasteiger partial charge in [0, 0.05) is 24.8 Å². The van der Waals surface area contributed by atoms with E-state index >= 15 is 0 Å². The minimum absolute atomic E-state index is 0.0632. The molecule has 0 saturated carbocycles. The average Bonchev–Trinajstić information content (AvgIpc) is 2.49. The molecular formula is C16H18FN3O. The van der Waals surface area contributed by atoms with Crippen LogP contribution in [0, 0.1) is 12.7 Å². The molecule has 0 amide bonds. The summed E-state index contributed by atoms with van der Waals surface area (Å²) in [6.45, 7) is 2.48. The Morgan fingerprint density at radius 1 is 1.29 bits per heavy atom. The van der Waals surface area contributed by atoms with Crippen LogP contribution in [0.2, 0.25) is 0 Å². The van der Waals surface area contributed by atoms with Crippen LogP contribution >= 0.6 is 0 Å². The molecule has 4 nitrogen and oxygen atoms in total. The Labute approximate surface area is 123 Å². The summed E-state index contributed by atoms with van der Waals surface area (Å²) < 4.78 is 13.1. The van der Waals surface area contributed by atoms with Gasteiger partial charge in [0.25, 0.3) is 0 Å². The van der Waals surface area contributed by atoms with Gasteiger partial charge < -0.3 is 15.8 Å². The summed E-state index contributed by atoms with van der Waals surface area (Å²) >= 11 is 0. The van der Waals surface area contributed by atoms with Gasteiger partial charge in [-0.05, 0) is 42.3 Å². The third kappa shape index (κ3) is 3.31. The second kappa shape index (κ2) is 6.26. The molecule has 0 saturated heterocycles. The minimum Gasteiger partial charge on any atom is -0.409 e. The van der Waals surface area contributed by atoms with Crippen LogP contribution in [-0.4, -0.2) is 18.1 Å². The lowest BCUT2D eigenvalue weighted by molar-refractivity contribution is 0.318. The smallest absolute Gasteiger partial charge is 0.172 e. The summed E-state index contributed by atoms with van der Waals surface area (Å²) in [6.07, 6.45) is 0. The Morgan fingerprint density at radius 2 is 2.00 bits per heavy atom. The molecule has 0 fully saturated rings. The number of para-hydroxylation sites is 1. The molecule has 0 aliphatic carbocycles. The third-order valence-corrected chi connectivity index (χ3v) is 3.41. The van der Waals surface area contributed by atoms with Crippen LogP contribution in [-0.2, 0) is 6.54 Å².